The molecule has 18 heavy (non-hydrogen) atoms. The Morgan fingerprint density at radius 1 is 1.67 bits per heavy atom. The minimum atomic E-state index is 0.254. The molecule has 1 saturated heterocycles. The van der Waals surface area contributed by atoms with E-state index < -0.39 is 0 Å². The first kappa shape index (κ1) is 13.1. The first-order chi connectivity index (χ1) is 8.67. The lowest BCUT2D eigenvalue weighted by Gasteiger charge is -2.37. The number of piperidine rings is 1. The van der Waals surface area contributed by atoms with E-state index in [4.69, 9.17) is 22.6 Å². The Morgan fingerprint density at radius 2 is 2.44 bits per heavy atom. The van der Waals surface area contributed by atoms with Crippen LogP contribution in [0.2, 0.25) is 5.02 Å². The van der Waals surface area contributed by atoms with Crippen LogP contribution in [-0.2, 0) is 0 Å². The molecule has 0 bridgehead atoms. The highest BCUT2D eigenvalue weighted by atomic mass is 35.5. The zero-order chi connectivity index (χ0) is 13.1. The topological polar surface area (TPSA) is 65.9 Å². The Hall–Kier alpha value is -1.31. The average molecular weight is 265 g/mol. The number of nitrogens with zero attached hydrogens (tertiary/aromatic N) is 3. The van der Waals surface area contributed by atoms with E-state index in [-0.39, 0.29) is 6.04 Å². The Labute approximate surface area is 112 Å². The third kappa shape index (κ3) is 2.43. The molecule has 0 aliphatic carbocycles. The van der Waals surface area contributed by atoms with Crippen LogP contribution in [0.4, 0.5) is 5.82 Å². The molecule has 1 aliphatic rings. The number of rotatable bonds is 2. The summed E-state index contributed by atoms with van der Waals surface area (Å²) in [6.45, 7) is 3.85. The van der Waals surface area contributed by atoms with Gasteiger partial charge in [-0.05, 0) is 18.4 Å². The van der Waals surface area contributed by atoms with Gasteiger partial charge in [-0.15, -0.1) is 0 Å². The number of pyridine rings is 1. The van der Waals surface area contributed by atoms with Gasteiger partial charge in [0.2, 0.25) is 0 Å². The van der Waals surface area contributed by atoms with Gasteiger partial charge in [-0.3, -0.25) is 0 Å². The van der Waals surface area contributed by atoms with Gasteiger partial charge in [0.25, 0.3) is 0 Å². The lowest BCUT2D eigenvalue weighted by atomic mass is 9.91. The maximum atomic E-state index is 8.98. The first-order valence-electron chi connectivity index (χ1n) is 6.22. The zero-order valence-electron chi connectivity index (χ0n) is 10.4. The monoisotopic (exact) mass is 264 g/mol. The second-order valence-corrected chi connectivity index (χ2v) is 5.05. The lowest BCUT2D eigenvalue weighted by Crippen LogP contribution is -2.47. The molecule has 1 aromatic rings. The van der Waals surface area contributed by atoms with Crippen molar-refractivity contribution < 1.29 is 0 Å². The number of aromatic nitrogens is 1. The molecule has 1 fully saturated rings. The molecule has 2 rings (SSSR count). The minimum absolute atomic E-state index is 0.254. The Balaban J connectivity index is 2.25. The van der Waals surface area contributed by atoms with Crippen LogP contribution in [0.3, 0.4) is 0 Å². The standard InChI is InChI=1S/C13H17ClN4/c1-2-9-8-18(6-4-11(9)16)13-12(14)10(7-15)3-5-17-13/h3,5,9,11H,2,4,6,8,16H2,1H3. The molecule has 2 unspecified atom stereocenters. The van der Waals surface area contributed by atoms with Crippen molar-refractivity contribution in [2.24, 2.45) is 11.7 Å². The fourth-order valence-electron chi connectivity index (χ4n) is 2.41. The van der Waals surface area contributed by atoms with Crippen LogP contribution in [-0.4, -0.2) is 24.1 Å². The van der Waals surface area contributed by atoms with Crippen molar-refractivity contribution in [3.8, 4) is 6.07 Å². The summed E-state index contributed by atoms with van der Waals surface area (Å²) >= 11 is 6.21. The van der Waals surface area contributed by atoms with Gasteiger partial charge >= 0.3 is 0 Å². The van der Waals surface area contributed by atoms with Crippen molar-refractivity contribution in [3.63, 3.8) is 0 Å². The largest absolute Gasteiger partial charge is 0.355 e. The highest BCUT2D eigenvalue weighted by molar-refractivity contribution is 6.34. The summed E-state index contributed by atoms with van der Waals surface area (Å²) in [5.74, 6) is 1.17. The van der Waals surface area contributed by atoms with Crippen LogP contribution < -0.4 is 10.6 Å². The number of anilines is 1. The van der Waals surface area contributed by atoms with Crippen molar-refractivity contribution in [3.05, 3.63) is 22.8 Å². The molecule has 4 nitrogen and oxygen atoms in total. The molecule has 5 heteroatoms. The van der Waals surface area contributed by atoms with Crippen LogP contribution in [0.5, 0.6) is 0 Å². The number of hydrogen-bond acceptors (Lipinski definition) is 4. The predicted octanol–water partition coefficient (Wildman–Crippen LogP) is 2.17. The highest BCUT2D eigenvalue weighted by Gasteiger charge is 2.27. The second-order valence-electron chi connectivity index (χ2n) is 4.67. The van der Waals surface area contributed by atoms with E-state index >= 15 is 0 Å². The molecule has 0 amide bonds. The summed E-state index contributed by atoms with van der Waals surface area (Å²) in [5, 5.41) is 9.43. The number of nitrogens with two attached hydrogens (primary N) is 1. The predicted molar refractivity (Wildman–Crippen MR) is 72.5 cm³/mol. The van der Waals surface area contributed by atoms with Crippen LogP contribution in [0, 0.1) is 17.2 Å². The summed E-state index contributed by atoms with van der Waals surface area (Å²) in [5.41, 5.74) is 6.57. The summed E-state index contributed by atoms with van der Waals surface area (Å²) in [7, 11) is 0. The van der Waals surface area contributed by atoms with Gasteiger partial charge in [-0.2, -0.15) is 5.26 Å². The molecule has 0 radical (unpaired) electrons. The molecule has 0 saturated carbocycles. The van der Waals surface area contributed by atoms with E-state index in [9.17, 15) is 0 Å². The maximum Gasteiger partial charge on any atom is 0.148 e. The van der Waals surface area contributed by atoms with Gasteiger partial charge in [0.1, 0.15) is 16.9 Å². The molecule has 0 spiro atoms. The first-order valence-corrected chi connectivity index (χ1v) is 6.60. The highest BCUT2D eigenvalue weighted by Crippen LogP contribution is 2.30. The molecule has 1 aliphatic heterocycles. The molecule has 2 atom stereocenters. The number of nitriles is 1. The third-order valence-corrected chi connectivity index (χ3v) is 3.98. The van der Waals surface area contributed by atoms with Gasteiger partial charge in [0, 0.05) is 25.3 Å². The van der Waals surface area contributed by atoms with E-state index in [2.05, 4.69) is 22.9 Å². The Morgan fingerprint density at radius 3 is 3.11 bits per heavy atom. The van der Waals surface area contributed by atoms with Crippen molar-refractivity contribution >= 4 is 17.4 Å². The summed E-state index contributed by atoms with van der Waals surface area (Å²) in [6, 6.07) is 3.98. The SMILES string of the molecule is CCC1CN(c2nccc(C#N)c2Cl)CCC1N. The van der Waals surface area contributed by atoms with E-state index in [1.807, 2.05) is 0 Å². The molecule has 2 N–H and O–H groups in total. The molecule has 2 heterocycles. The zero-order valence-corrected chi connectivity index (χ0v) is 11.2. The second kappa shape index (κ2) is 5.55. The quantitative estimate of drug-likeness (QED) is 0.889. The van der Waals surface area contributed by atoms with E-state index in [0.29, 0.717) is 22.3 Å². The van der Waals surface area contributed by atoms with Gasteiger partial charge in [0.05, 0.1) is 5.56 Å². The van der Waals surface area contributed by atoms with Gasteiger partial charge in [-0.25, -0.2) is 4.98 Å². The number of hydrogen-bond donors (Lipinski definition) is 1. The fraction of sp³-hybridized carbons (Fsp3) is 0.538. The van der Waals surface area contributed by atoms with Crippen molar-refractivity contribution in [1.82, 2.24) is 4.98 Å². The fourth-order valence-corrected chi connectivity index (χ4v) is 2.69. The van der Waals surface area contributed by atoms with Crippen LogP contribution in [0.25, 0.3) is 0 Å². The summed E-state index contributed by atoms with van der Waals surface area (Å²) in [4.78, 5) is 6.45. The molecular weight excluding hydrogens is 248 g/mol. The molecule has 0 aromatic carbocycles. The summed E-state index contributed by atoms with van der Waals surface area (Å²) < 4.78 is 0. The normalized spacial score (nSPS) is 23.8. The molecule has 96 valence electrons. The maximum absolute atomic E-state index is 8.98. The van der Waals surface area contributed by atoms with Crippen LogP contribution in [0.1, 0.15) is 25.3 Å². The van der Waals surface area contributed by atoms with Gasteiger partial charge < -0.3 is 10.6 Å². The van der Waals surface area contributed by atoms with E-state index in [1.165, 1.54) is 0 Å². The average Bonchev–Trinajstić information content (AvgIpc) is 2.40. The Kier molecular flexibility index (Phi) is 4.05. The lowest BCUT2D eigenvalue weighted by molar-refractivity contribution is 0.347. The third-order valence-electron chi connectivity index (χ3n) is 3.61. The van der Waals surface area contributed by atoms with Gasteiger partial charge in [0.15, 0.2) is 0 Å². The smallest absolute Gasteiger partial charge is 0.148 e. The molecular formula is C13H17ClN4. The van der Waals surface area contributed by atoms with Gasteiger partial charge in [-0.1, -0.05) is 24.9 Å². The van der Waals surface area contributed by atoms with Crippen molar-refractivity contribution in [2.45, 2.75) is 25.8 Å². The van der Waals surface area contributed by atoms with Crippen molar-refractivity contribution in [1.29, 1.82) is 5.26 Å². The molecule has 1 aromatic heterocycles. The Bertz CT molecular complexity index is 469. The van der Waals surface area contributed by atoms with Crippen LogP contribution >= 0.6 is 11.6 Å². The van der Waals surface area contributed by atoms with Crippen LogP contribution in [0.15, 0.2) is 12.3 Å². The minimum Gasteiger partial charge on any atom is -0.355 e. The summed E-state index contributed by atoms with van der Waals surface area (Å²) in [6.07, 6.45) is 3.62. The van der Waals surface area contributed by atoms with Crippen molar-refractivity contribution in [2.75, 3.05) is 18.0 Å². The van der Waals surface area contributed by atoms with E-state index in [1.54, 1.807) is 12.3 Å². The van der Waals surface area contributed by atoms with E-state index in [0.717, 1.165) is 25.9 Å². The number of halogens is 1.